The van der Waals surface area contributed by atoms with Crippen molar-refractivity contribution in [3.8, 4) is 16.3 Å². The molecule has 35 heavy (non-hydrogen) atoms. The summed E-state index contributed by atoms with van der Waals surface area (Å²) in [4.78, 5) is 12.9. The lowest BCUT2D eigenvalue weighted by Crippen LogP contribution is -2.38. The van der Waals surface area contributed by atoms with Gasteiger partial charge in [0, 0.05) is 10.6 Å². The molecule has 4 rings (SSSR count). The van der Waals surface area contributed by atoms with Crippen LogP contribution in [0.3, 0.4) is 0 Å². The van der Waals surface area contributed by atoms with Gasteiger partial charge in [0.1, 0.15) is 17.3 Å². The highest BCUT2D eigenvalue weighted by Gasteiger charge is 2.29. The van der Waals surface area contributed by atoms with E-state index in [9.17, 15) is 13.2 Å². The fraction of sp³-hybridized carbons (Fsp3) is 0.0870. The van der Waals surface area contributed by atoms with Gasteiger partial charge in [-0.3, -0.25) is 14.4 Å². The topological polar surface area (TPSA) is 101 Å². The van der Waals surface area contributed by atoms with Crippen LogP contribution < -0.4 is 14.4 Å². The number of anilines is 2. The van der Waals surface area contributed by atoms with Gasteiger partial charge in [0.05, 0.1) is 22.7 Å². The maximum absolute atomic E-state index is 13.4. The smallest absolute Gasteiger partial charge is 0.264 e. The number of rotatable bonds is 8. The van der Waals surface area contributed by atoms with Crippen molar-refractivity contribution in [3.63, 3.8) is 0 Å². The minimum atomic E-state index is -4.12. The Hall–Kier alpha value is -3.18. The summed E-state index contributed by atoms with van der Waals surface area (Å²) in [6.07, 6.45) is 0. The number of ether oxygens (including phenoxy) is 1. The Morgan fingerprint density at radius 2 is 1.74 bits per heavy atom. The van der Waals surface area contributed by atoms with Gasteiger partial charge in [-0.15, -0.1) is 10.2 Å². The SMILES string of the molecule is COc1ccc(-c2nnc(NC(=O)CN(c3ccc(Cl)cc3Cl)S(=O)(=O)c3ccccc3)s2)cc1. The van der Waals surface area contributed by atoms with Gasteiger partial charge in [0.25, 0.3) is 10.0 Å². The largest absolute Gasteiger partial charge is 0.497 e. The van der Waals surface area contributed by atoms with Crippen LogP contribution >= 0.6 is 34.5 Å². The van der Waals surface area contributed by atoms with Crippen molar-refractivity contribution in [2.45, 2.75) is 4.90 Å². The number of aromatic nitrogens is 2. The molecule has 0 saturated heterocycles. The lowest BCUT2D eigenvalue weighted by molar-refractivity contribution is -0.114. The predicted octanol–water partition coefficient (Wildman–Crippen LogP) is 5.35. The first kappa shape index (κ1) is 24.9. The zero-order valence-electron chi connectivity index (χ0n) is 18.2. The Morgan fingerprint density at radius 3 is 2.40 bits per heavy atom. The number of halogens is 2. The fourth-order valence-corrected chi connectivity index (χ4v) is 5.90. The maximum Gasteiger partial charge on any atom is 0.264 e. The monoisotopic (exact) mass is 548 g/mol. The number of hydrogen-bond donors (Lipinski definition) is 1. The molecule has 1 aromatic heterocycles. The molecule has 0 bridgehead atoms. The van der Waals surface area contributed by atoms with Crippen molar-refractivity contribution in [3.05, 3.63) is 82.8 Å². The Kier molecular flexibility index (Phi) is 7.56. The molecule has 1 heterocycles. The van der Waals surface area contributed by atoms with E-state index < -0.39 is 22.5 Å². The van der Waals surface area contributed by atoms with Gasteiger partial charge in [-0.25, -0.2) is 8.42 Å². The molecule has 180 valence electrons. The highest BCUT2D eigenvalue weighted by Crippen LogP contribution is 2.33. The minimum Gasteiger partial charge on any atom is -0.497 e. The molecule has 12 heteroatoms. The second kappa shape index (κ2) is 10.6. The molecule has 0 unspecified atom stereocenters. The molecular formula is C23H18Cl2N4O4S2. The Labute approximate surface area is 216 Å². The molecule has 4 aromatic rings. The minimum absolute atomic E-state index is 0.0107. The molecule has 3 aromatic carbocycles. The highest BCUT2D eigenvalue weighted by atomic mass is 35.5. The summed E-state index contributed by atoms with van der Waals surface area (Å²) in [5.41, 5.74) is 0.913. The van der Waals surface area contributed by atoms with Crippen molar-refractivity contribution in [2.75, 3.05) is 23.3 Å². The van der Waals surface area contributed by atoms with Crippen LogP contribution in [0.1, 0.15) is 0 Å². The molecule has 0 radical (unpaired) electrons. The molecule has 0 fully saturated rings. The van der Waals surface area contributed by atoms with E-state index in [4.69, 9.17) is 27.9 Å². The third-order valence-corrected chi connectivity index (χ3v) is 8.00. The maximum atomic E-state index is 13.4. The molecule has 0 spiro atoms. The van der Waals surface area contributed by atoms with E-state index in [1.165, 1.54) is 30.3 Å². The van der Waals surface area contributed by atoms with Gasteiger partial charge in [0.15, 0.2) is 0 Å². The molecule has 0 aliphatic carbocycles. The van der Waals surface area contributed by atoms with Crippen LogP contribution in [0, 0.1) is 0 Å². The molecule has 0 aliphatic heterocycles. The van der Waals surface area contributed by atoms with Crippen LogP contribution in [-0.2, 0) is 14.8 Å². The number of methoxy groups -OCH3 is 1. The van der Waals surface area contributed by atoms with Crippen LogP contribution in [0.2, 0.25) is 10.0 Å². The van der Waals surface area contributed by atoms with E-state index in [0.717, 1.165) is 21.2 Å². The van der Waals surface area contributed by atoms with Crippen molar-refractivity contribution in [1.82, 2.24) is 10.2 Å². The number of benzene rings is 3. The summed E-state index contributed by atoms with van der Waals surface area (Å²) < 4.78 is 32.9. The number of carbonyl (C=O) groups excluding carboxylic acids is 1. The summed E-state index contributed by atoms with van der Waals surface area (Å²) in [6, 6.07) is 19.3. The third kappa shape index (κ3) is 5.73. The standard InChI is InChI=1S/C23H18Cl2N4O4S2/c1-33-17-10-7-15(8-11-17)22-27-28-23(34-22)26-21(30)14-29(20-12-9-16(24)13-19(20)25)35(31,32)18-5-3-2-4-6-18/h2-13H,14H2,1H3,(H,26,28,30). The fourth-order valence-electron chi connectivity index (χ4n) is 3.12. The number of sulfonamides is 1. The van der Waals surface area contributed by atoms with E-state index in [2.05, 4.69) is 15.5 Å². The average Bonchev–Trinajstić information content (AvgIpc) is 3.32. The lowest BCUT2D eigenvalue weighted by Gasteiger charge is -2.24. The van der Waals surface area contributed by atoms with Crippen molar-refractivity contribution >= 4 is 61.3 Å². The van der Waals surface area contributed by atoms with Crippen LogP contribution in [-0.4, -0.2) is 38.2 Å². The average molecular weight is 549 g/mol. The second-order valence-electron chi connectivity index (χ2n) is 7.11. The third-order valence-electron chi connectivity index (χ3n) is 4.81. The zero-order chi connectivity index (χ0) is 25.0. The number of nitrogens with zero attached hydrogens (tertiary/aromatic N) is 3. The summed E-state index contributed by atoms with van der Waals surface area (Å²) in [7, 11) is -2.55. The van der Waals surface area contributed by atoms with Gasteiger partial charge in [-0.1, -0.05) is 52.7 Å². The van der Waals surface area contributed by atoms with Crippen LogP contribution in [0.25, 0.3) is 10.6 Å². The first-order chi connectivity index (χ1) is 16.8. The Bertz CT molecular complexity index is 1450. The molecule has 0 atom stereocenters. The zero-order valence-corrected chi connectivity index (χ0v) is 21.3. The Morgan fingerprint density at radius 1 is 1.03 bits per heavy atom. The second-order valence-corrected chi connectivity index (χ2v) is 10.8. The molecular weight excluding hydrogens is 531 g/mol. The van der Waals surface area contributed by atoms with Crippen LogP contribution in [0.5, 0.6) is 5.75 Å². The number of carbonyl (C=O) groups is 1. The Balaban J connectivity index is 1.59. The first-order valence-corrected chi connectivity index (χ1v) is 13.1. The normalized spacial score (nSPS) is 11.2. The van der Waals surface area contributed by atoms with Gasteiger partial charge in [0.2, 0.25) is 11.0 Å². The van der Waals surface area contributed by atoms with Crippen molar-refractivity contribution in [1.29, 1.82) is 0 Å². The van der Waals surface area contributed by atoms with Gasteiger partial charge in [-0.05, 0) is 54.6 Å². The van der Waals surface area contributed by atoms with E-state index in [0.29, 0.717) is 15.8 Å². The first-order valence-electron chi connectivity index (χ1n) is 10.1. The quantitative estimate of drug-likeness (QED) is 0.318. The van der Waals surface area contributed by atoms with Gasteiger partial charge >= 0.3 is 0 Å². The number of nitrogens with one attached hydrogen (secondary N) is 1. The van der Waals surface area contributed by atoms with E-state index >= 15 is 0 Å². The summed E-state index contributed by atoms with van der Waals surface area (Å²) in [6.45, 7) is -0.546. The van der Waals surface area contributed by atoms with Gasteiger partial charge in [-0.2, -0.15) is 0 Å². The van der Waals surface area contributed by atoms with Crippen LogP contribution in [0.4, 0.5) is 10.8 Å². The number of amides is 1. The molecule has 1 N–H and O–H groups in total. The predicted molar refractivity (Wildman–Crippen MR) is 138 cm³/mol. The molecule has 0 aliphatic rings. The van der Waals surface area contributed by atoms with E-state index in [1.54, 1.807) is 37.4 Å². The van der Waals surface area contributed by atoms with E-state index in [-0.39, 0.29) is 20.7 Å². The van der Waals surface area contributed by atoms with Crippen molar-refractivity contribution in [2.24, 2.45) is 0 Å². The summed E-state index contributed by atoms with van der Waals surface area (Å²) in [5.74, 6) is 0.0836. The lowest BCUT2D eigenvalue weighted by atomic mass is 10.2. The molecule has 0 saturated carbocycles. The van der Waals surface area contributed by atoms with Gasteiger partial charge < -0.3 is 4.74 Å². The van der Waals surface area contributed by atoms with Crippen LogP contribution in [0.15, 0.2) is 77.7 Å². The number of hydrogen-bond acceptors (Lipinski definition) is 7. The van der Waals surface area contributed by atoms with Crippen molar-refractivity contribution < 1.29 is 17.9 Å². The molecule has 1 amide bonds. The molecule has 8 nitrogen and oxygen atoms in total. The summed E-state index contributed by atoms with van der Waals surface area (Å²) >= 11 is 13.4. The van der Waals surface area contributed by atoms with E-state index in [1.807, 2.05) is 12.1 Å². The highest BCUT2D eigenvalue weighted by molar-refractivity contribution is 7.92. The summed E-state index contributed by atoms with van der Waals surface area (Å²) in [5, 5.41) is 11.9.